The van der Waals surface area contributed by atoms with Crippen molar-refractivity contribution in [3.05, 3.63) is 69.9 Å². The molecule has 0 aliphatic rings. The minimum atomic E-state index is 0.115. The lowest BCUT2D eigenvalue weighted by atomic mass is 9.95. The smallest absolute Gasteiger partial charge is 0.133 e. The van der Waals surface area contributed by atoms with Crippen molar-refractivity contribution >= 4 is 17.0 Å². The average molecular weight is 394 g/mol. The molecule has 148 valence electrons. The summed E-state index contributed by atoms with van der Waals surface area (Å²) < 4.78 is 6.48. The number of hydrogen-bond acceptors (Lipinski definition) is 3. The fourth-order valence-electron chi connectivity index (χ4n) is 3.66. The fraction of sp³-hybridized carbons (Fsp3) is 0.360. The molecule has 3 rings (SSSR count). The van der Waals surface area contributed by atoms with E-state index in [1.807, 2.05) is 0 Å². The molecular formula is C25H31NOS. The monoisotopic (exact) mass is 393 g/mol. The Morgan fingerprint density at radius 3 is 2.11 bits per heavy atom. The summed E-state index contributed by atoms with van der Waals surface area (Å²) in [7, 11) is 4.14. The van der Waals surface area contributed by atoms with Crippen molar-refractivity contribution in [3.63, 3.8) is 0 Å². The van der Waals surface area contributed by atoms with Crippen LogP contribution < -0.4 is 9.64 Å². The lowest BCUT2D eigenvalue weighted by molar-refractivity contribution is 0.181. The highest BCUT2D eigenvalue weighted by Gasteiger charge is 2.18. The topological polar surface area (TPSA) is 12.5 Å². The molecule has 0 radical (unpaired) electrons. The summed E-state index contributed by atoms with van der Waals surface area (Å²) in [5.74, 6) is 1.55. The molecule has 2 aromatic carbocycles. The van der Waals surface area contributed by atoms with Crippen LogP contribution in [0.25, 0.3) is 11.1 Å². The molecule has 1 atom stereocenters. The maximum Gasteiger partial charge on any atom is 0.133 e. The molecule has 0 spiro atoms. The Balaban J connectivity index is 1.88. The highest BCUT2D eigenvalue weighted by molar-refractivity contribution is 7.10. The summed E-state index contributed by atoms with van der Waals surface area (Å²) in [6.07, 6.45) is 1.14. The third kappa shape index (κ3) is 4.77. The first-order valence-electron chi connectivity index (χ1n) is 9.94. The Bertz CT molecular complexity index is 872. The zero-order chi connectivity index (χ0) is 20.3. The van der Waals surface area contributed by atoms with E-state index >= 15 is 0 Å². The van der Waals surface area contributed by atoms with Gasteiger partial charge in [0.15, 0.2) is 0 Å². The van der Waals surface area contributed by atoms with Gasteiger partial charge in [-0.1, -0.05) is 32.0 Å². The summed E-state index contributed by atoms with van der Waals surface area (Å²) >= 11 is 1.78. The second-order valence-electron chi connectivity index (χ2n) is 8.12. The van der Waals surface area contributed by atoms with Gasteiger partial charge >= 0.3 is 0 Å². The molecule has 0 N–H and O–H groups in total. The molecular weight excluding hydrogens is 362 g/mol. The summed E-state index contributed by atoms with van der Waals surface area (Å²) in [6, 6.07) is 17.4. The molecule has 0 aliphatic heterocycles. The molecule has 2 nitrogen and oxygen atoms in total. The minimum Gasteiger partial charge on any atom is -0.485 e. The maximum atomic E-state index is 6.48. The van der Waals surface area contributed by atoms with E-state index in [1.165, 1.54) is 32.8 Å². The van der Waals surface area contributed by atoms with Crippen LogP contribution in [-0.4, -0.2) is 14.1 Å². The van der Waals surface area contributed by atoms with E-state index in [9.17, 15) is 0 Å². The first kappa shape index (κ1) is 20.5. The van der Waals surface area contributed by atoms with Crippen LogP contribution in [0.1, 0.15) is 42.4 Å². The lowest BCUT2D eigenvalue weighted by Crippen LogP contribution is -2.09. The predicted molar refractivity (Wildman–Crippen MR) is 123 cm³/mol. The third-order valence-electron chi connectivity index (χ3n) is 5.00. The molecule has 1 unspecified atom stereocenters. The molecule has 0 saturated heterocycles. The second-order valence-corrected chi connectivity index (χ2v) is 9.10. The van der Waals surface area contributed by atoms with Crippen LogP contribution in [0, 0.1) is 19.8 Å². The summed E-state index contributed by atoms with van der Waals surface area (Å²) in [5, 5.41) is 2.13. The molecule has 28 heavy (non-hydrogen) atoms. The van der Waals surface area contributed by atoms with Gasteiger partial charge in [-0.05, 0) is 84.2 Å². The standard InChI is InChI=1S/C25H31NOS/c1-17(2)14-23(24-8-7-13-28-24)27-22-15-18(3)25(19(4)16-22)20-9-11-21(12-10-20)26(5)6/h7-13,15-17,23H,14H2,1-6H3. The van der Waals surface area contributed by atoms with Crippen LogP contribution in [0.5, 0.6) is 5.75 Å². The van der Waals surface area contributed by atoms with Gasteiger partial charge in [0.1, 0.15) is 11.9 Å². The van der Waals surface area contributed by atoms with Crippen molar-refractivity contribution < 1.29 is 4.74 Å². The van der Waals surface area contributed by atoms with Gasteiger partial charge in [0, 0.05) is 24.7 Å². The van der Waals surface area contributed by atoms with Crippen LogP contribution >= 0.6 is 11.3 Å². The van der Waals surface area contributed by atoms with Crippen molar-refractivity contribution in [3.8, 4) is 16.9 Å². The van der Waals surface area contributed by atoms with Crippen molar-refractivity contribution in [2.24, 2.45) is 5.92 Å². The molecule has 3 heteroatoms. The molecule has 0 aliphatic carbocycles. The van der Waals surface area contributed by atoms with E-state index in [0.29, 0.717) is 5.92 Å². The Morgan fingerprint density at radius 2 is 1.61 bits per heavy atom. The number of hydrogen-bond donors (Lipinski definition) is 0. The van der Waals surface area contributed by atoms with E-state index < -0.39 is 0 Å². The number of thiophene rings is 1. The molecule has 3 aromatic rings. The Kier molecular flexibility index (Phi) is 6.46. The van der Waals surface area contributed by atoms with E-state index in [-0.39, 0.29) is 6.10 Å². The van der Waals surface area contributed by atoms with E-state index in [0.717, 1.165) is 12.2 Å². The Labute approximate surface area is 173 Å². The Morgan fingerprint density at radius 1 is 0.964 bits per heavy atom. The van der Waals surface area contributed by atoms with Crippen LogP contribution in [0.2, 0.25) is 0 Å². The SMILES string of the molecule is Cc1cc(OC(CC(C)C)c2cccs2)cc(C)c1-c1ccc(N(C)C)cc1. The molecule has 0 amide bonds. The highest BCUT2D eigenvalue weighted by Crippen LogP contribution is 2.35. The largest absolute Gasteiger partial charge is 0.485 e. The van der Waals surface area contributed by atoms with Crippen molar-refractivity contribution in [2.45, 2.75) is 40.2 Å². The first-order valence-corrected chi connectivity index (χ1v) is 10.8. The van der Waals surface area contributed by atoms with Gasteiger partial charge in [0.2, 0.25) is 0 Å². The maximum absolute atomic E-state index is 6.48. The number of rotatable bonds is 7. The summed E-state index contributed by atoms with van der Waals surface area (Å²) in [5.41, 5.74) is 6.27. The zero-order valence-corrected chi connectivity index (χ0v) is 18.6. The molecule has 0 bridgehead atoms. The van der Waals surface area contributed by atoms with Gasteiger partial charge in [-0.25, -0.2) is 0 Å². The lowest BCUT2D eigenvalue weighted by Gasteiger charge is -2.22. The fourth-order valence-corrected chi connectivity index (χ4v) is 4.43. The minimum absolute atomic E-state index is 0.115. The van der Waals surface area contributed by atoms with E-state index in [2.05, 4.69) is 101 Å². The molecule has 0 saturated carbocycles. The van der Waals surface area contributed by atoms with Gasteiger partial charge in [-0.15, -0.1) is 11.3 Å². The van der Waals surface area contributed by atoms with E-state index in [4.69, 9.17) is 4.74 Å². The zero-order valence-electron chi connectivity index (χ0n) is 17.8. The number of anilines is 1. The van der Waals surface area contributed by atoms with Crippen LogP contribution in [0.4, 0.5) is 5.69 Å². The number of benzene rings is 2. The van der Waals surface area contributed by atoms with Crippen LogP contribution in [0.15, 0.2) is 53.9 Å². The normalized spacial score (nSPS) is 12.2. The number of aryl methyl sites for hydroxylation is 2. The van der Waals surface area contributed by atoms with Gasteiger partial charge in [0.25, 0.3) is 0 Å². The Hall–Kier alpha value is -2.26. The molecule has 1 heterocycles. The third-order valence-corrected chi connectivity index (χ3v) is 5.97. The van der Waals surface area contributed by atoms with Crippen LogP contribution in [0.3, 0.4) is 0 Å². The highest BCUT2D eigenvalue weighted by atomic mass is 32.1. The van der Waals surface area contributed by atoms with Crippen LogP contribution in [-0.2, 0) is 0 Å². The summed E-state index contributed by atoms with van der Waals surface area (Å²) in [6.45, 7) is 8.86. The number of nitrogens with zero attached hydrogens (tertiary/aromatic N) is 1. The first-order chi connectivity index (χ1) is 13.3. The number of ether oxygens (including phenoxy) is 1. The molecule has 1 aromatic heterocycles. The van der Waals surface area contributed by atoms with Crippen molar-refractivity contribution in [1.82, 2.24) is 0 Å². The average Bonchev–Trinajstić information content (AvgIpc) is 3.15. The van der Waals surface area contributed by atoms with Crippen molar-refractivity contribution in [1.29, 1.82) is 0 Å². The predicted octanol–water partition coefficient (Wildman–Crippen LogP) is 7.26. The van der Waals surface area contributed by atoms with Gasteiger partial charge in [-0.3, -0.25) is 0 Å². The van der Waals surface area contributed by atoms with Gasteiger partial charge in [0.05, 0.1) is 0 Å². The second kappa shape index (κ2) is 8.83. The van der Waals surface area contributed by atoms with Gasteiger partial charge < -0.3 is 9.64 Å². The van der Waals surface area contributed by atoms with Crippen molar-refractivity contribution in [2.75, 3.05) is 19.0 Å². The molecule has 0 fully saturated rings. The van der Waals surface area contributed by atoms with Gasteiger partial charge in [-0.2, -0.15) is 0 Å². The summed E-state index contributed by atoms with van der Waals surface area (Å²) in [4.78, 5) is 3.42. The quantitative estimate of drug-likeness (QED) is 0.419. The van der Waals surface area contributed by atoms with E-state index in [1.54, 1.807) is 11.3 Å².